The van der Waals surface area contributed by atoms with Crippen LogP contribution in [0.5, 0.6) is 0 Å². The summed E-state index contributed by atoms with van der Waals surface area (Å²) in [5, 5.41) is 8.73. The SMILES string of the molecule is C=C(N=C(c1ccccc1)C1CC=CC=C1C)c1cccc2oc3c(c12)=CC(c1ccc2c(c1)-c1ccc4c5ccccc5n(-c5ccccc5)c4c1C1C=CC=CC1N2)CC=3. The summed E-state index contributed by atoms with van der Waals surface area (Å²) in [7, 11) is 0. The van der Waals surface area contributed by atoms with E-state index in [4.69, 9.17) is 9.41 Å². The fraction of sp³-hybridized carbons (Fsp3) is 0.121. The van der Waals surface area contributed by atoms with Gasteiger partial charge in [0.2, 0.25) is 0 Å². The summed E-state index contributed by atoms with van der Waals surface area (Å²) >= 11 is 0. The molecule has 4 nitrogen and oxygen atoms in total. The normalized spacial score (nSPS) is 20.0. The van der Waals surface area contributed by atoms with Crippen molar-refractivity contribution in [2.45, 2.75) is 37.6 Å². The van der Waals surface area contributed by atoms with E-state index in [0.717, 1.165) is 62.7 Å². The summed E-state index contributed by atoms with van der Waals surface area (Å²) in [6.45, 7) is 6.83. The second-order valence-electron chi connectivity index (χ2n) is 17.1. The molecule has 0 radical (unpaired) electrons. The van der Waals surface area contributed by atoms with Gasteiger partial charge in [-0.1, -0.05) is 158 Å². The standard InChI is InChI=1S/C58H45N3O/c1-36-16-9-10-21-42(36)57(38-17-5-3-6-18-38)59-37(2)43-24-15-27-54-55(43)49-35-40(29-33-53(49)62-54)39-28-32-51-48(34-39)45-30-31-46-44-22-12-14-26-52(44)61(41-19-7-4-8-20-41)58(46)56(45)47-23-11-13-25-50(47)60-51/h3-20,22-28,30-35,40,42,47,50,60H,2,21,29H2,1H3. The Morgan fingerprint density at radius 2 is 1.60 bits per heavy atom. The van der Waals surface area contributed by atoms with E-state index >= 15 is 0 Å². The third-order valence-electron chi connectivity index (χ3n) is 13.5. The highest BCUT2D eigenvalue weighted by molar-refractivity contribution is 6.13. The van der Waals surface area contributed by atoms with Crippen LogP contribution in [0.15, 0.2) is 198 Å². The van der Waals surface area contributed by atoms with Crippen LogP contribution < -0.4 is 16.0 Å². The number of anilines is 1. The largest absolute Gasteiger partial charge is 0.456 e. The van der Waals surface area contributed by atoms with E-state index in [1.165, 1.54) is 55.3 Å². The number of nitrogens with one attached hydrogen (secondary N) is 1. The number of benzene rings is 6. The van der Waals surface area contributed by atoms with Gasteiger partial charge in [-0.15, -0.1) is 0 Å². The first-order valence-electron chi connectivity index (χ1n) is 21.9. The molecule has 1 aliphatic heterocycles. The first-order valence-corrected chi connectivity index (χ1v) is 21.9. The Kier molecular flexibility index (Phi) is 8.60. The van der Waals surface area contributed by atoms with Gasteiger partial charge >= 0.3 is 0 Å². The minimum absolute atomic E-state index is 0.110. The van der Waals surface area contributed by atoms with E-state index in [1.807, 2.05) is 0 Å². The van der Waals surface area contributed by atoms with Crippen molar-refractivity contribution in [2.75, 3.05) is 5.32 Å². The van der Waals surface area contributed by atoms with Crippen LogP contribution in [0, 0.1) is 5.92 Å². The number of hydrogen-bond donors (Lipinski definition) is 1. The molecule has 6 aromatic carbocycles. The zero-order valence-electron chi connectivity index (χ0n) is 34.6. The number of hydrogen-bond acceptors (Lipinski definition) is 3. The van der Waals surface area contributed by atoms with Crippen LogP contribution in [0.2, 0.25) is 0 Å². The second kappa shape index (κ2) is 14.6. The van der Waals surface area contributed by atoms with Gasteiger partial charge in [-0.25, -0.2) is 0 Å². The van der Waals surface area contributed by atoms with Gasteiger partial charge in [0.1, 0.15) is 11.0 Å². The lowest BCUT2D eigenvalue weighted by atomic mass is 9.83. The molecule has 4 atom stereocenters. The topological polar surface area (TPSA) is 42.5 Å². The zero-order chi connectivity index (χ0) is 41.3. The van der Waals surface area contributed by atoms with E-state index in [1.54, 1.807) is 0 Å². The Labute approximate surface area is 361 Å². The van der Waals surface area contributed by atoms with Crippen molar-refractivity contribution in [3.63, 3.8) is 0 Å². The Balaban J connectivity index is 1.01. The highest BCUT2D eigenvalue weighted by atomic mass is 16.3. The molecule has 0 spiro atoms. The van der Waals surface area contributed by atoms with Crippen LogP contribution in [0.3, 0.4) is 0 Å². The fourth-order valence-electron chi connectivity index (χ4n) is 10.5. The van der Waals surface area contributed by atoms with Gasteiger partial charge < -0.3 is 14.3 Å². The van der Waals surface area contributed by atoms with Crippen molar-refractivity contribution in [2.24, 2.45) is 10.9 Å². The van der Waals surface area contributed by atoms with Gasteiger partial charge in [0, 0.05) is 61.6 Å². The molecule has 3 aliphatic carbocycles. The first kappa shape index (κ1) is 36.4. The van der Waals surface area contributed by atoms with E-state index in [2.05, 4.69) is 212 Å². The van der Waals surface area contributed by atoms with Crippen LogP contribution in [0.4, 0.5) is 5.69 Å². The van der Waals surface area contributed by atoms with Gasteiger partial charge in [-0.3, -0.25) is 4.99 Å². The lowest BCUT2D eigenvalue weighted by molar-refractivity contribution is 0.570. The van der Waals surface area contributed by atoms with Crippen LogP contribution in [0.1, 0.15) is 53.9 Å². The molecule has 12 rings (SSSR count). The van der Waals surface area contributed by atoms with Gasteiger partial charge in [0.25, 0.3) is 0 Å². The van der Waals surface area contributed by atoms with Gasteiger partial charge in [0.05, 0.1) is 28.5 Å². The molecule has 8 aromatic rings. The maximum atomic E-state index is 6.59. The molecule has 0 saturated carbocycles. The third kappa shape index (κ3) is 5.85. The van der Waals surface area contributed by atoms with Crippen LogP contribution in [0.25, 0.3) is 67.4 Å². The minimum atomic E-state index is 0.110. The van der Waals surface area contributed by atoms with Crippen LogP contribution in [-0.4, -0.2) is 16.3 Å². The zero-order valence-corrected chi connectivity index (χ0v) is 34.6. The van der Waals surface area contributed by atoms with Crippen LogP contribution >= 0.6 is 0 Å². The molecular weight excluding hydrogens is 755 g/mol. The van der Waals surface area contributed by atoms with E-state index in [9.17, 15) is 0 Å². The van der Waals surface area contributed by atoms with Gasteiger partial charge in [-0.05, 0) is 84.5 Å². The molecule has 3 heterocycles. The van der Waals surface area contributed by atoms with Crippen molar-refractivity contribution in [3.8, 4) is 16.8 Å². The van der Waals surface area contributed by atoms with E-state index in [0.29, 0.717) is 0 Å². The minimum Gasteiger partial charge on any atom is -0.456 e. The summed E-state index contributed by atoms with van der Waals surface area (Å²) in [5.41, 5.74) is 16.9. The average Bonchev–Trinajstić information content (AvgIpc) is 3.83. The Morgan fingerprint density at radius 1 is 0.774 bits per heavy atom. The number of aliphatic imine (C=N–C) groups is 1. The van der Waals surface area contributed by atoms with Crippen molar-refractivity contribution in [1.82, 2.24) is 4.57 Å². The number of allylic oxidation sites excluding steroid dienone is 6. The predicted molar refractivity (Wildman–Crippen MR) is 259 cm³/mol. The number of fused-ring (bicyclic) bond motifs is 12. The summed E-state index contributed by atoms with van der Waals surface area (Å²) in [6.07, 6.45) is 22.1. The fourth-order valence-corrected chi connectivity index (χ4v) is 10.5. The Morgan fingerprint density at radius 3 is 2.47 bits per heavy atom. The maximum Gasteiger partial charge on any atom is 0.136 e. The lowest BCUT2D eigenvalue weighted by Gasteiger charge is -2.26. The number of rotatable bonds is 6. The molecule has 4 heteroatoms. The second-order valence-corrected chi connectivity index (χ2v) is 17.1. The van der Waals surface area contributed by atoms with Crippen LogP contribution in [-0.2, 0) is 0 Å². The van der Waals surface area contributed by atoms with Crippen molar-refractivity contribution >= 4 is 62.0 Å². The molecule has 0 amide bonds. The molecule has 0 fully saturated rings. The molecule has 1 N–H and O–H groups in total. The molecule has 0 bridgehead atoms. The molecule has 4 aliphatic rings. The highest BCUT2D eigenvalue weighted by Crippen LogP contribution is 2.48. The quantitative estimate of drug-likeness (QED) is 0.170. The number of furan rings is 1. The molecule has 2 aromatic heterocycles. The molecule has 4 unspecified atom stereocenters. The molecule has 298 valence electrons. The highest BCUT2D eigenvalue weighted by Gasteiger charge is 2.33. The van der Waals surface area contributed by atoms with Crippen molar-refractivity contribution in [3.05, 3.63) is 221 Å². The van der Waals surface area contributed by atoms with Crippen molar-refractivity contribution < 1.29 is 4.42 Å². The number of nitrogens with zero attached hydrogens (tertiary/aromatic N) is 2. The Bertz CT molecular complexity index is 3430. The van der Waals surface area contributed by atoms with E-state index < -0.39 is 0 Å². The smallest absolute Gasteiger partial charge is 0.136 e. The monoisotopic (exact) mass is 799 g/mol. The number of aromatic nitrogens is 1. The lowest BCUT2D eigenvalue weighted by Crippen LogP contribution is -2.25. The summed E-state index contributed by atoms with van der Waals surface area (Å²) in [4.78, 5) is 5.38. The predicted octanol–water partition coefficient (Wildman–Crippen LogP) is 12.9. The average molecular weight is 800 g/mol. The summed E-state index contributed by atoms with van der Waals surface area (Å²) < 4.78 is 9.08. The van der Waals surface area contributed by atoms with Gasteiger partial charge in [-0.2, -0.15) is 0 Å². The Hall–Kier alpha value is -7.43. The summed E-state index contributed by atoms with van der Waals surface area (Å²) in [6, 6.07) is 48.4. The first-order chi connectivity index (χ1) is 30.6. The van der Waals surface area contributed by atoms with Gasteiger partial charge in [0.15, 0.2) is 0 Å². The van der Waals surface area contributed by atoms with Crippen molar-refractivity contribution in [1.29, 1.82) is 0 Å². The molecule has 62 heavy (non-hydrogen) atoms. The molecular formula is C58H45N3O. The summed E-state index contributed by atoms with van der Waals surface area (Å²) in [5.74, 6) is 0.470. The third-order valence-corrected chi connectivity index (χ3v) is 13.5. The molecule has 0 saturated heterocycles. The number of para-hydroxylation sites is 2. The van der Waals surface area contributed by atoms with E-state index in [-0.39, 0.29) is 23.8 Å². The maximum absolute atomic E-state index is 6.59.